The van der Waals surface area contributed by atoms with Crippen LogP contribution in [0.3, 0.4) is 0 Å². The summed E-state index contributed by atoms with van der Waals surface area (Å²) in [6.45, 7) is 14.6. The number of rotatable bonds is 4. The molecule has 0 bridgehead atoms. The van der Waals surface area contributed by atoms with Crippen LogP contribution in [0, 0.1) is 0 Å². The predicted octanol–water partition coefficient (Wildman–Crippen LogP) is 0.703. The quantitative estimate of drug-likeness (QED) is 0.480. The monoisotopic (exact) mass is 422 g/mol. The summed E-state index contributed by atoms with van der Waals surface area (Å²) in [6, 6.07) is -1.41. The van der Waals surface area contributed by atoms with Crippen molar-refractivity contribution < 1.29 is 9.59 Å². The number of amides is 3. The Kier molecular flexibility index (Phi) is 6.44. The van der Waals surface area contributed by atoms with Gasteiger partial charge in [0.05, 0.1) is 17.9 Å². The molecular weight excluding hydrogens is 384 g/mol. The van der Waals surface area contributed by atoms with Crippen LogP contribution in [0.2, 0.25) is 0 Å². The first-order valence-electron chi connectivity index (χ1n) is 10.4. The van der Waals surface area contributed by atoms with Crippen LogP contribution in [0.1, 0.15) is 60.6 Å². The van der Waals surface area contributed by atoms with Crippen molar-refractivity contribution >= 4 is 17.9 Å². The van der Waals surface area contributed by atoms with Crippen molar-refractivity contribution in [1.82, 2.24) is 25.1 Å². The number of primary amides is 1. The molecule has 10 heteroatoms. The largest absolute Gasteiger partial charge is 0.369 e. The molecule has 2 rings (SSSR count). The second kappa shape index (κ2) is 8.07. The van der Waals surface area contributed by atoms with E-state index in [4.69, 9.17) is 17.2 Å². The van der Waals surface area contributed by atoms with E-state index in [-0.39, 0.29) is 18.0 Å². The number of aromatic amines is 1. The molecule has 10 nitrogen and oxygen atoms in total. The molecule has 1 fully saturated rings. The Morgan fingerprint density at radius 3 is 2.30 bits per heavy atom. The highest BCUT2D eigenvalue weighted by Crippen LogP contribution is 2.42. The van der Waals surface area contributed by atoms with Gasteiger partial charge in [0.2, 0.25) is 0 Å². The van der Waals surface area contributed by atoms with Crippen molar-refractivity contribution in [2.75, 3.05) is 18.8 Å². The molecule has 1 aliphatic heterocycles. The fourth-order valence-corrected chi connectivity index (χ4v) is 4.32. The molecule has 3 amide bonds. The summed E-state index contributed by atoms with van der Waals surface area (Å²) < 4.78 is 0. The van der Waals surface area contributed by atoms with E-state index in [1.165, 1.54) is 11.1 Å². The molecule has 1 aliphatic rings. The number of anilines is 1. The number of imidazole rings is 1. The van der Waals surface area contributed by atoms with Gasteiger partial charge >= 0.3 is 6.03 Å². The number of urea groups is 1. The average molecular weight is 423 g/mol. The minimum Gasteiger partial charge on any atom is -0.369 e. The van der Waals surface area contributed by atoms with E-state index in [1.807, 2.05) is 27.7 Å². The molecular formula is C20H38N8O2. The number of piperazine rings is 1. The van der Waals surface area contributed by atoms with Gasteiger partial charge in [-0.1, -0.05) is 6.92 Å². The van der Waals surface area contributed by atoms with Crippen molar-refractivity contribution in [1.29, 1.82) is 0 Å². The Morgan fingerprint density at radius 2 is 1.90 bits per heavy atom. The molecule has 30 heavy (non-hydrogen) atoms. The second-order valence-corrected chi connectivity index (χ2v) is 10.0. The van der Waals surface area contributed by atoms with Crippen molar-refractivity contribution in [2.24, 2.45) is 11.5 Å². The van der Waals surface area contributed by atoms with Gasteiger partial charge in [-0.25, -0.2) is 9.78 Å². The van der Waals surface area contributed by atoms with Gasteiger partial charge in [-0.15, -0.1) is 0 Å². The molecule has 1 aromatic rings. The first kappa shape index (κ1) is 23.9. The summed E-state index contributed by atoms with van der Waals surface area (Å²) >= 11 is 0. The van der Waals surface area contributed by atoms with Crippen LogP contribution in [-0.4, -0.2) is 68.0 Å². The topological polar surface area (TPSA) is 159 Å². The van der Waals surface area contributed by atoms with Gasteiger partial charge in [0, 0.05) is 30.2 Å². The molecule has 1 aromatic heterocycles. The zero-order valence-corrected chi connectivity index (χ0v) is 19.2. The Bertz CT molecular complexity index is 779. The van der Waals surface area contributed by atoms with Crippen molar-refractivity contribution in [3.05, 3.63) is 11.9 Å². The van der Waals surface area contributed by atoms with Gasteiger partial charge in [0.25, 0.3) is 5.91 Å². The maximum absolute atomic E-state index is 13.4. The molecule has 170 valence electrons. The maximum atomic E-state index is 13.4. The van der Waals surface area contributed by atoms with Gasteiger partial charge in [-0.3, -0.25) is 9.69 Å². The van der Waals surface area contributed by atoms with E-state index < -0.39 is 35.1 Å². The van der Waals surface area contributed by atoms with Gasteiger partial charge in [0.1, 0.15) is 0 Å². The van der Waals surface area contributed by atoms with Gasteiger partial charge in [-0.2, -0.15) is 0 Å². The molecule has 3 atom stereocenters. The van der Waals surface area contributed by atoms with Crippen LogP contribution in [0.4, 0.5) is 10.7 Å². The van der Waals surface area contributed by atoms with E-state index in [0.29, 0.717) is 18.7 Å². The molecule has 0 saturated carbocycles. The summed E-state index contributed by atoms with van der Waals surface area (Å²) in [5.74, 6) is -0.545. The summed E-state index contributed by atoms with van der Waals surface area (Å²) in [5, 5.41) is 2.96. The summed E-state index contributed by atoms with van der Waals surface area (Å²) in [4.78, 5) is 37.4. The highest BCUT2D eigenvalue weighted by molar-refractivity contribution is 5.92. The Morgan fingerprint density at radius 1 is 1.30 bits per heavy atom. The molecule has 0 radical (unpaired) electrons. The van der Waals surface area contributed by atoms with E-state index in [1.54, 1.807) is 0 Å². The molecule has 0 aromatic carbocycles. The number of hydrogen-bond acceptors (Lipinski definition) is 6. The van der Waals surface area contributed by atoms with Crippen LogP contribution < -0.4 is 22.5 Å². The Labute approximate surface area is 178 Å². The van der Waals surface area contributed by atoms with Crippen LogP contribution >= 0.6 is 0 Å². The van der Waals surface area contributed by atoms with E-state index in [0.717, 1.165) is 0 Å². The van der Waals surface area contributed by atoms with Crippen molar-refractivity contribution in [3.63, 3.8) is 0 Å². The smallest absolute Gasteiger partial charge is 0.319 e. The number of carbonyl (C=O) groups is 2. The number of nitrogens with zero attached hydrogens (tertiary/aromatic N) is 3. The SMILES string of the molecule is CCC(N)C1N(C(C)(C)C)CCN(C(=O)NC(C)(C)C)[C@@]1(C(N)=O)c1cnc(N)[nH]1. The van der Waals surface area contributed by atoms with Gasteiger partial charge in [0.15, 0.2) is 11.5 Å². The zero-order valence-electron chi connectivity index (χ0n) is 19.2. The molecule has 2 heterocycles. The van der Waals surface area contributed by atoms with Crippen LogP contribution in [0.15, 0.2) is 6.20 Å². The molecule has 1 saturated heterocycles. The lowest BCUT2D eigenvalue weighted by Crippen LogP contribution is -2.78. The molecule has 2 unspecified atom stereocenters. The number of nitrogens with two attached hydrogens (primary N) is 3. The lowest BCUT2D eigenvalue weighted by Gasteiger charge is -2.58. The number of carbonyl (C=O) groups excluding carboxylic acids is 2. The molecule has 0 aliphatic carbocycles. The standard InChI is InChI=1S/C20H38N8O2/c1-8-12(21)14-20(15(22)29,13-11-24-16(23)25-13)28(17(30)26-18(2,3)4)10-9-27(14)19(5,6)7/h11-12,14H,8-10,21H2,1-7H3,(H2,22,29)(H,26,30)(H3,23,24,25)/t12?,14?,20-/m0/s1. The first-order chi connectivity index (χ1) is 13.7. The molecule has 0 spiro atoms. The lowest BCUT2D eigenvalue weighted by atomic mass is 9.75. The van der Waals surface area contributed by atoms with E-state index in [9.17, 15) is 9.59 Å². The van der Waals surface area contributed by atoms with Crippen LogP contribution in [0.25, 0.3) is 0 Å². The van der Waals surface area contributed by atoms with E-state index >= 15 is 0 Å². The van der Waals surface area contributed by atoms with Crippen molar-refractivity contribution in [3.8, 4) is 0 Å². The highest BCUT2D eigenvalue weighted by atomic mass is 16.2. The first-order valence-corrected chi connectivity index (χ1v) is 10.4. The summed E-state index contributed by atoms with van der Waals surface area (Å²) in [7, 11) is 0. The van der Waals surface area contributed by atoms with Gasteiger partial charge in [-0.05, 0) is 48.0 Å². The predicted molar refractivity (Wildman–Crippen MR) is 117 cm³/mol. The zero-order chi connectivity index (χ0) is 23.1. The Balaban J connectivity index is 2.81. The minimum absolute atomic E-state index is 0.138. The summed E-state index contributed by atoms with van der Waals surface area (Å²) in [5.41, 5.74) is 16.5. The number of aromatic nitrogens is 2. The minimum atomic E-state index is -1.57. The fourth-order valence-electron chi connectivity index (χ4n) is 4.32. The highest BCUT2D eigenvalue weighted by Gasteiger charge is 2.61. The second-order valence-electron chi connectivity index (χ2n) is 10.0. The van der Waals surface area contributed by atoms with Crippen LogP contribution in [-0.2, 0) is 10.3 Å². The Hall–Kier alpha value is -2.33. The normalized spacial score (nSPS) is 24.5. The maximum Gasteiger partial charge on any atom is 0.319 e. The third-order valence-corrected chi connectivity index (χ3v) is 5.60. The number of hydrogen-bond donors (Lipinski definition) is 5. The third kappa shape index (κ3) is 4.24. The summed E-state index contributed by atoms with van der Waals surface area (Å²) in [6.07, 6.45) is 2.06. The average Bonchev–Trinajstić information content (AvgIpc) is 3.03. The third-order valence-electron chi connectivity index (χ3n) is 5.60. The number of nitrogens with one attached hydrogen (secondary N) is 2. The van der Waals surface area contributed by atoms with E-state index in [2.05, 4.69) is 41.0 Å². The molecule has 8 N–H and O–H groups in total. The van der Waals surface area contributed by atoms with Gasteiger partial charge < -0.3 is 32.4 Å². The lowest BCUT2D eigenvalue weighted by molar-refractivity contribution is -0.145. The number of nitrogen functional groups attached to an aromatic ring is 1. The van der Waals surface area contributed by atoms with Crippen molar-refractivity contribution in [2.45, 2.75) is 83.6 Å². The van der Waals surface area contributed by atoms with Crippen LogP contribution in [0.5, 0.6) is 0 Å². The number of H-pyrrole nitrogens is 1. The fraction of sp³-hybridized carbons (Fsp3) is 0.750.